The van der Waals surface area contributed by atoms with E-state index in [1.807, 2.05) is 0 Å². The van der Waals surface area contributed by atoms with E-state index < -0.39 is 23.8 Å². The average Bonchev–Trinajstić information content (AvgIpc) is 2.92. The first kappa shape index (κ1) is 19.5. The number of nitrogens with zero attached hydrogens (tertiary/aromatic N) is 1. The number of amides is 3. The van der Waals surface area contributed by atoms with Crippen molar-refractivity contribution in [1.29, 1.82) is 0 Å². The van der Waals surface area contributed by atoms with Gasteiger partial charge < -0.3 is 15.4 Å². The number of hydrogen-bond donors (Lipinski definition) is 2. The molecule has 1 rings (SSSR count). The number of alkyl halides is 1. The van der Waals surface area contributed by atoms with Crippen molar-refractivity contribution in [2.75, 3.05) is 19.0 Å². The van der Waals surface area contributed by atoms with Crippen LogP contribution in [-0.2, 0) is 14.3 Å². The number of hydrogen-bond acceptors (Lipinski definition) is 4. The first-order valence-corrected chi connectivity index (χ1v) is 8.33. The maximum absolute atomic E-state index is 12.3. The zero-order valence-electron chi connectivity index (χ0n) is 14.1. The van der Waals surface area contributed by atoms with Crippen molar-refractivity contribution in [3.63, 3.8) is 0 Å². The Balaban J connectivity index is 2.60. The third-order valence-electron chi connectivity index (χ3n) is 3.33. The van der Waals surface area contributed by atoms with Crippen LogP contribution in [0.4, 0.5) is 4.79 Å². The third-order valence-corrected chi connectivity index (χ3v) is 3.52. The van der Waals surface area contributed by atoms with E-state index in [0.717, 1.165) is 6.42 Å². The van der Waals surface area contributed by atoms with Crippen LogP contribution in [0, 0.1) is 0 Å². The van der Waals surface area contributed by atoms with Gasteiger partial charge in [0.15, 0.2) is 0 Å². The van der Waals surface area contributed by atoms with Gasteiger partial charge in [-0.05, 0) is 40.5 Å². The number of ether oxygens (including phenoxy) is 1. The summed E-state index contributed by atoms with van der Waals surface area (Å²) < 4.78 is 5.32. The maximum Gasteiger partial charge on any atom is 0.410 e. The van der Waals surface area contributed by atoms with Crippen LogP contribution in [0.2, 0.25) is 0 Å². The van der Waals surface area contributed by atoms with Gasteiger partial charge in [-0.2, -0.15) is 0 Å². The van der Waals surface area contributed by atoms with E-state index >= 15 is 0 Å². The van der Waals surface area contributed by atoms with Crippen LogP contribution in [-0.4, -0.2) is 59.5 Å². The van der Waals surface area contributed by atoms with Gasteiger partial charge in [0.25, 0.3) is 0 Å². The highest BCUT2D eigenvalue weighted by Crippen LogP contribution is 2.21. The highest BCUT2D eigenvalue weighted by molar-refractivity contribution is 6.18. The summed E-state index contributed by atoms with van der Waals surface area (Å²) in [6, 6.07) is -1.29. The van der Waals surface area contributed by atoms with Crippen LogP contribution in [0.25, 0.3) is 0 Å². The van der Waals surface area contributed by atoms with Crippen LogP contribution in [0.3, 0.4) is 0 Å². The fourth-order valence-electron chi connectivity index (χ4n) is 2.28. The van der Waals surface area contributed by atoms with Gasteiger partial charge in [-0.3, -0.25) is 14.5 Å². The molecule has 23 heavy (non-hydrogen) atoms. The summed E-state index contributed by atoms with van der Waals surface area (Å²) in [7, 11) is 0. The summed E-state index contributed by atoms with van der Waals surface area (Å²) in [4.78, 5) is 37.7. The zero-order chi connectivity index (χ0) is 17.6. The molecule has 2 unspecified atom stereocenters. The number of rotatable bonds is 5. The van der Waals surface area contributed by atoms with E-state index in [1.165, 1.54) is 4.90 Å². The molecule has 0 aromatic heterocycles. The van der Waals surface area contributed by atoms with E-state index in [2.05, 4.69) is 10.6 Å². The molecule has 0 spiro atoms. The van der Waals surface area contributed by atoms with Crippen LogP contribution < -0.4 is 10.6 Å². The van der Waals surface area contributed by atoms with Crippen molar-refractivity contribution >= 4 is 29.5 Å². The Morgan fingerprint density at radius 3 is 2.57 bits per heavy atom. The van der Waals surface area contributed by atoms with Gasteiger partial charge in [0, 0.05) is 19.0 Å². The maximum atomic E-state index is 12.3. The molecule has 1 heterocycles. The average molecular weight is 348 g/mol. The largest absolute Gasteiger partial charge is 0.444 e. The van der Waals surface area contributed by atoms with E-state index in [4.69, 9.17) is 16.3 Å². The van der Waals surface area contributed by atoms with Crippen molar-refractivity contribution in [2.24, 2.45) is 0 Å². The molecular weight excluding hydrogens is 322 g/mol. The van der Waals surface area contributed by atoms with E-state index in [-0.39, 0.29) is 11.8 Å². The summed E-state index contributed by atoms with van der Waals surface area (Å²) in [5.74, 6) is -0.343. The topological polar surface area (TPSA) is 87.7 Å². The number of nitrogens with one attached hydrogen (secondary N) is 2. The first-order chi connectivity index (χ1) is 10.7. The Morgan fingerprint density at radius 2 is 2.00 bits per heavy atom. The fraction of sp³-hybridized carbons (Fsp3) is 0.800. The lowest BCUT2D eigenvalue weighted by Crippen LogP contribution is -2.52. The molecular formula is C15H26ClN3O4. The Bertz CT molecular complexity index is 450. The fourth-order valence-corrected chi connectivity index (χ4v) is 2.37. The Hall–Kier alpha value is -1.50. The third kappa shape index (κ3) is 6.25. The normalized spacial score (nSPS) is 19.2. The zero-order valence-corrected chi connectivity index (χ0v) is 14.9. The number of likely N-dealkylation sites (tertiary alicyclic amines) is 1. The van der Waals surface area contributed by atoms with E-state index in [1.54, 1.807) is 27.7 Å². The number of carbonyl (C=O) groups is 3. The minimum absolute atomic E-state index is 0.305. The lowest BCUT2D eigenvalue weighted by Gasteiger charge is -2.28. The Kier molecular flexibility index (Phi) is 7.12. The molecule has 2 atom stereocenters. The molecule has 1 aliphatic rings. The quantitative estimate of drug-likeness (QED) is 0.732. The van der Waals surface area contributed by atoms with Crippen molar-refractivity contribution in [3.05, 3.63) is 0 Å². The van der Waals surface area contributed by atoms with Gasteiger partial charge >= 0.3 is 6.09 Å². The van der Waals surface area contributed by atoms with Gasteiger partial charge in [0.1, 0.15) is 17.7 Å². The van der Waals surface area contributed by atoms with E-state index in [0.29, 0.717) is 25.4 Å². The molecule has 0 aliphatic carbocycles. The van der Waals surface area contributed by atoms with Gasteiger partial charge in [-0.15, -0.1) is 11.6 Å². The lowest BCUT2D eigenvalue weighted by molar-refractivity contribution is -0.130. The van der Waals surface area contributed by atoms with Gasteiger partial charge in [-0.1, -0.05) is 0 Å². The summed E-state index contributed by atoms with van der Waals surface area (Å²) in [5, 5.41) is 5.24. The molecule has 1 aliphatic heterocycles. The molecule has 0 radical (unpaired) electrons. The highest BCUT2D eigenvalue weighted by Gasteiger charge is 2.37. The summed E-state index contributed by atoms with van der Waals surface area (Å²) in [6.45, 7) is 7.74. The molecule has 2 N–H and O–H groups in total. The van der Waals surface area contributed by atoms with Crippen molar-refractivity contribution < 1.29 is 19.1 Å². The summed E-state index contributed by atoms with van der Waals surface area (Å²) >= 11 is 5.51. The molecule has 1 saturated heterocycles. The van der Waals surface area contributed by atoms with E-state index in [9.17, 15) is 14.4 Å². The van der Waals surface area contributed by atoms with Crippen LogP contribution in [0.5, 0.6) is 0 Å². The molecule has 0 bridgehead atoms. The monoisotopic (exact) mass is 347 g/mol. The molecule has 0 aromatic carbocycles. The summed E-state index contributed by atoms with van der Waals surface area (Å²) in [6.07, 6.45) is 0.778. The number of carbonyl (C=O) groups excluding carboxylic acids is 3. The van der Waals surface area contributed by atoms with Crippen molar-refractivity contribution in [3.8, 4) is 0 Å². The SMILES string of the molecule is CC(NC(=O)C1CCCN1C(=O)OC(C)(C)C)C(=O)NCCCl. The molecule has 7 nitrogen and oxygen atoms in total. The molecule has 0 saturated carbocycles. The standard InChI is InChI=1S/C15H26ClN3O4/c1-10(12(20)17-8-7-16)18-13(21)11-6-5-9-19(11)14(22)23-15(2,3)4/h10-11H,5-9H2,1-4H3,(H,17,20)(H,18,21). The smallest absolute Gasteiger partial charge is 0.410 e. The minimum Gasteiger partial charge on any atom is -0.444 e. The molecule has 3 amide bonds. The summed E-state index contributed by atoms with van der Waals surface area (Å²) in [5.41, 5.74) is -0.616. The molecule has 0 aromatic rings. The first-order valence-electron chi connectivity index (χ1n) is 7.79. The Morgan fingerprint density at radius 1 is 1.35 bits per heavy atom. The predicted octanol–water partition coefficient (Wildman–Crippen LogP) is 1.25. The second kappa shape index (κ2) is 8.38. The minimum atomic E-state index is -0.688. The molecule has 8 heteroatoms. The van der Waals surface area contributed by atoms with Crippen LogP contribution >= 0.6 is 11.6 Å². The second-order valence-electron chi connectivity index (χ2n) is 6.54. The van der Waals surface area contributed by atoms with Crippen LogP contribution in [0.1, 0.15) is 40.5 Å². The highest BCUT2D eigenvalue weighted by atomic mass is 35.5. The molecule has 132 valence electrons. The van der Waals surface area contributed by atoms with Gasteiger partial charge in [0.05, 0.1) is 0 Å². The Labute approximate surface area is 142 Å². The van der Waals surface area contributed by atoms with Crippen molar-refractivity contribution in [1.82, 2.24) is 15.5 Å². The van der Waals surface area contributed by atoms with Crippen molar-refractivity contribution in [2.45, 2.75) is 58.2 Å². The lowest BCUT2D eigenvalue weighted by atomic mass is 10.2. The van der Waals surface area contributed by atoms with Gasteiger partial charge in [-0.25, -0.2) is 4.79 Å². The molecule has 1 fully saturated rings. The second-order valence-corrected chi connectivity index (χ2v) is 6.92. The van der Waals surface area contributed by atoms with Crippen LogP contribution in [0.15, 0.2) is 0 Å². The predicted molar refractivity (Wildman–Crippen MR) is 87.3 cm³/mol. The van der Waals surface area contributed by atoms with Gasteiger partial charge in [0.2, 0.25) is 11.8 Å². The number of halogens is 1.